The van der Waals surface area contributed by atoms with Crippen molar-refractivity contribution in [1.82, 2.24) is 0 Å². The van der Waals surface area contributed by atoms with E-state index in [0.717, 1.165) is 30.6 Å². The minimum Gasteiger partial charge on any atom is -0.497 e. The predicted molar refractivity (Wildman–Crippen MR) is 111 cm³/mol. The zero-order valence-electron chi connectivity index (χ0n) is 17.4. The number of hydrogen-bond acceptors (Lipinski definition) is 4. The number of aliphatic hydroxyl groups is 2. The van der Waals surface area contributed by atoms with Gasteiger partial charge in [-0.3, -0.25) is 0 Å². The second kappa shape index (κ2) is 15.9. The van der Waals surface area contributed by atoms with Crippen LogP contribution in [0.15, 0.2) is 24.3 Å². The van der Waals surface area contributed by atoms with E-state index in [1.807, 2.05) is 24.3 Å². The molecule has 0 aliphatic heterocycles. The SMILES string of the molecule is CCCCCCCCCCCC[C@@H](OCc1ccc(OC)cc1)[C@H](O)CO. The minimum atomic E-state index is -0.818. The van der Waals surface area contributed by atoms with Crippen LogP contribution in [0.3, 0.4) is 0 Å². The molecular formula is C23H40O4. The lowest BCUT2D eigenvalue weighted by atomic mass is 10.0. The number of aliphatic hydroxyl groups excluding tert-OH is 2. The number of ether oxygens (including phenoxy) is 2. The normalized spacial score (nSPS) is 13.5. The summed E-state index contributed by atoms with van der Waals surface area (Å²) in [6, 6.07) is 7.72. The van der Waals surface area contributed by atoms with E-state index in [2.05, 4.69) is 6.92 Å². The molecule has 4 heteroatoms. The van der Waals surface area contributed by atoms with Gasteiger partial charge in [-0.15, -0.1) is 0 Å². The maximum absolute atomic E-state index is 10.0. The molecule has 1 aromatic rings. The van der Waals surface area contributed by atoms with Crippen LogP contribution in [0, 0.1) is 0 Å². The van der Waals surface area contributed by atoms with Crippen molar-refractivity contribution in [2.24, 2.45) is 0 Å². The average molecular weight is 381 g/mol. The van der Waals surface area contributed by atoms with E-state index in [0.29, 0.717) is 6.61 Å². The molecule has 1 aromatic carbocycles. The Kier molecular flexibility index (Phi) is 14.1. The molecule has 156 valence electrons. The van der Waals surface area contributed by atoms with Crippen LogP contribution >= 0.6 is 0 Å². The van der Waals surface area contributed by atoms with Crippen LogP contribution in [0.2, 0.25) is 0 Å². The first-order valence-corrected chi connectivity index (χ1v) is 10.7. The molecular weight excluding hydrogens is 340 g/mol. The Bertz CT molecular complexity index is 446. The Hall–Kier alpha value is -1.10. The van der Waals surface area contributed by atoms with E-state index in [4.69, 9.17) is 9.47 Å². The molecule has 0 saturated carbocycles. The quantitative estimate of drug-likeness (QED) is 0.363. The topological polar surface area (TPSA) is 58.9 Å². The summed E-state index contributed by atoms with van der Waals surface area (Å²) in [6.07, 6.45) is 12.5. The van der Waals surface area contributed by atoms with Gasteiger partial charge in [-0.25, -0.2) is 0 Å². The van der Waals surface area contributed by atoms with Gasteiger partial charge in [0.15, 0.2) is 0 Å². The van der Waals surface area contributed by atoms with E-state index in [1.165, 1.54) is 51.4 Å². The molecule has 27 heavy (non-hydrogen) atoms. The molecule has 0 heterocycles. The first kappa shape index (κ1) is 23.9. The highest BCUT2D eigenvalue weighted by molar-refractivity contribution is 5.26. The van der Waals surface area contributed by atoms with Crippen LogP contribution in [0.1, 0.15) is 83.1 Å². The molecule has 0 fully saturated rings. The maximum Gasteiger partial charge on any atom is 0.118 e. The van der Waals surface area contributed by atoms with Crippen LogP contribution in [0.25, 0.3) is 0 Å². The van der Waals surface area contributed by atoms with Crippen LogP contribution in [0.5, 0.6) is 5.75 Å². The Morgan fingerprint density at radius 2 is 1.41 bits per heavy atom. The molecule has 0 spiro atoms. The third kappa shape index (κ3) is 11.4. The molecule has 0 amide bonds. The highest BCUT2D eigenvalue weighted by Gasteiger charge is 2.18. The lowest BCUT2D eigenvalue weighted by Crippen LogP contribution is -2.32. The van der Waals surface area contributed by atoms with Gasteiger partial charge in [0.25, 0.3) is 0 Å². The number of rotatable bonds is 17. The molecule has 0 aliphatic rings. The fraction of sp³-hybridized carbons (Fsp3) is 0.739. The van der Waals surface area contributed by atoms with Crippen molar-refractivity contribution in [2.75, 3.05) is 13.7 Å². The second-order valence-electron chi connectivity index (χ2n) is 7.42. The van der Waals surface area contributed by atoms with Gasteiger partial charge in [-0.2, -0.15) is 0 Å². The Morgan fingerprint density at radius 3 is 1.93 bits per heavy atom. The van der Waals surface area contributed by atoms with Gasteiger partial charge in [-0.1, -0.05) is 83.3 Å². The molecule has 2 atom stereocenters. The monoisotopic (exact) mass is 380 g/mol. The van der Waals surface area contributed by atoms with Crippen LogP contribution < -0.4 is 4.74 Å². The summed E-state index contributed by atoms with van der Waals surface area (Å²) in [5.41, 5.74) is 1.04. The molecule has 0 bridgehead atoms. The lowest BCUT2D eigenvalue weighted by Gasteiger charge is -2.22. The maximum atomic E-state index is 10.0. The molecule has 0 saturated heterocycles. The molecule has 4 nitrogen and oxygen atoms in total. The minimum absolute atomic E-state index is 0.259. The van der Waals surface area contributed by atoms with Crippen molar-refractivity contribution in [3.8, 4) is 5.75 Å². The van der Waals surface area contributed by atoms with Crippen LogP contribution in [0.4, 0.5) is 0 Å². The van der Waals surface area contributed by atoms with E-state index < -0.39 is 6.10 Å². The molecule has 0 aliphatic carbocycles. The fourth-order valence-corrected chi connectivity index (χ4v) is 3.26. The summed E-state index contributed by atoms with van der Waals surface area (Å²) < 4.78 is 11.0. The number of hydrogen-bond donors (Lipinski definition) is 2. The van der Waals surface area contributed by atoms with Crippen molar-refractivity contribution in [3.05, 3.63) is 29.8 Å². The third-order valence-electron chi connectivity index (χ3n) is 5.08. The van der Waals surface area contributed by atoms with Gasteiger partial charge in [-0.05, 0) is 24.1 Å². The summed E-state index contributed by atoms with van der Waals surface area (Å²) in [4.78, 5) is 0. The molecule has 0 unspecified atom stereocenters. The zero-order valence-corrected chi connectivity index (χ0v) is 17.4. The molecule has 0 radical (unpaired) electrons. The van der Waals surface area contributed by atoms with Crippen molar-refractivity contribution in [3.63, 3.8) is 0 Å². The largest absolute Gasteiger partial charge is 0.497 e. The van der Waals surface area contributed by atoms with Crippen molar-refractivity contribution in [1.29, 1.82) is 0 Å². The molecule has 2 N–H and O–H groups in total. The molecule has 1 rings (SSSR count). The standard InChI is InChI=1S/C23H40O4/c1-3-4-5-6-7-8-9-10-11-12-13-23(22(25)18-24)27-19-20-14-16-21(26-2)17-15-20/h14-17,22-25H,3-13,18-19H2,1-2H3/t22-,23-/m1/s1. The van der Waals surface area contributed by atoms with Gasteiger partial charge >= 0.3 is 0 Å². The summed E-state index contributed by atoms with van der Waals surface area (Å²) in [6.45, 7) is 2.43. The Balaban J connectivity index is 2.18. The van der Waals surface area contributed by atoms with Crippen molar-refractivity contribution in [2.45, 2.75) is 96.4 Å². The van der Waals surface area contributed by atoms with E-state index in [9.17, 15) is 10.2 Å². The van der Waals surface area contributed by atoms with Crippen molar-refractivity contribution < 1.29 is 19.7 Å². The first-order valence-electron chi connectivity index (χ1n) is 10.7. The second-order valence-corrected chi connectivity index (χ2v) is 7.42. The third-order valence-corrected chi connectivity index (χ3v) is 5.08. The average Bonchev–Trinajstić information content (AvgIpc) is 2.71. The zero-order chi connectivity index (χ0) is 19.7. The summed E-state index contributed by atoms with van der Waals surface area (Å²) in [5, 5.41) is 19.3. The summed E-state index contributed by atoms with van der Waals surface area (Å²) >= 11 is 0. The smallest absolute Gasteiger partial charge is 0.118 e. The van der Waals surface area contributed by atoms with Crippen LogP contribution in [-0.4, -0.2) is 36.1 Å². The Labute approximate surface area is 165 Å². The number of benzene rings is 1. The van der Waals surface area contributed by atoms with Crippen molar-refractivity contribution >= 4 is 0 Å². The van der Waals surface area contributed by atoms with Gasteiger partial charge in [0.1, 0.15) is 11.9 Å². The van der Waals surface area contributed by atoms with Gasteiger partial charge < -0.3 is 19.7 Å². The van der Waals surface area contributed by atoms with Gasteiger partial charge in [0.2, 0.25) is 0 Å². The highest BCUT2D eigenvalue weighted by atomic mass is 16.5. The lowest BCUT2D eigenvalue weighted by molar-refractivity contribution is -0.0691. The summed E-state index contributed by atoms with van der Waals surface area (Å²) in [7, 11) is 1.64. The predicted octanol–water partition coefficient (Wildman–Crippen LogP) is 5.24. The number of unbranched alkanes of at least 4 members (excludes halogenated alkanes) is 9. The first-order chi connectivity index (χ1) is 13.2. The number of methoxy groups -OCH3 is 1. The highest BCUT2D eigenvalue weighted by Crippen LogP contribution is 2.17. The summed E-state index contributed by atoms with van der Waals surface area (Å²) in [5.74, 6) is 0.816. The molecule has 0 aromatic heterocycles. The van der Waals surface area contributed by atoms with Gasteiger partial charge in [0, 0.05) is 0 Å². The Morgan fingerprint density at radius 1 is 0.852 bits per heavy atom. The van der Waals surface area contributed by atoms with Crippen LogP contribution in [-0.2, 0) is 11.3 Å². The van der Waals surface area contributed by atoms with E-state index in [-0.39, 0.29) is 12.7 Å². The van der Waals surface area contributed by atoms with E-state index >= 15 is 0 Å². The van der Waals surface area contributed by atoms with Gasteiger partial charge in [0.05, 0.1) is 26.4 Å². The fourth-order valence-electron chi connectivity index (χ4n) is 3.26. The van der Waals surface area contributed by atoms with E-state index in [1.54, 1.807) is 7.11 Å².